The summed E-state index contributed by atoms with van der Waals surface area (Å²) in [5, 5.41) is 1.95. The summed E-state index contributed by atoms with van der Waals surface area (Å²) in [6.45, 7) is 0. The second-order valence-electron chi connectivity index (χ2n) is 3.26. The van der Waals surface area contributed by atoms with Crippen molar-refractivity contribution in [2.45, 2.75) is 0 Å². The molecule has 72 valence electrons. The van der Waals surface area contributed by atoms with Gasteiger partial charge in [-0.2, -0.15) is 0 Å². The predicted molar refractivity (Wildman–Crippen MR) is 59.0 cm³/mol. The third kappa shape index (κ3) is 1.38. The molecule has 0 aliphatic carbocycles. The Labute approximate surface area is 86.4 Å². The first-order chi connectivity index (χ1) is 7.43. The molecule has 0 saturated carbocycles. The fraction of sp³-hybridized carbons (Fsp3) is 0. The van der Waals surface area contributed by atoms with Gasteiger partial charge in [-0.3, -0.25) is 4.99 Å². The Balaban J connectivity index is 2.36. The first-order valence-electron chi connectivity index (χ1n) is 4.67. The molecule has 3 nitrogen and oxygen atoms in total. The molecule has 1 aromatic rings. The fourth-order valence-electron chi connectivity index (χ4n) is 1.60. The van der Waals surface area contributed by atoms with Gasteiger partial charge in [-0.25, -0.2) is 4.99 Å². The maximum Gasteiger partial charge on any atom is 0.152 e. The number of nitrogens with zero attached hydrogens (tertiary/aromatic N) is 2. The van der Waals surface area contributed by atoms with Gasteiger partial charge in [0.15, 0.2) is 5.75 Å². The van der Waals surface area contributed by atoms with Gasteiger partial charge in [0, 0.05) is 12.4 Å². The Bertz CT molecular complexity index is 609. The van der Waals surface area contributed by atoms with Crippen LogP contribution in [0.15, 0.2) is 40.8 Å². The molecule has 0 amide bonds. The minimum atomic E-state index is 0.788. The zero-order chi connectivity index (χ0) is 10.1. The SMILES string of the molecule is C1=Cc2cc3c(cc2=CC=N1)OC=CN=3. The first-order valence-corrected chi connectivity index (χ1v) is 4.67. The summed E-state index contributed by atoms with van der Waals surface area (Å²) in [5.74, 6) is 0.788. The van der Waals surface area contributed by atoms with E-state index in [0.29, 0.717) is 0 Å². The molecule has 2 aliphatic rings. The van der Waals surface area contributed by atoms with E-state index in [1.54, 1.807) is 24.9 Å². The molecule has 2 heterocycles. The highest BCUT2D eigenvalue weighted by Gasteiger charge is 2.03. The molecule has 0 atom stereocenters. The van der Waals surface area contributed by atoms with Gasteiger partial charge in [0.25, 0.3) is 0 Å². The molecule has 1 aromatic carbocycles. The van der Waals surface area contributed by atoms with Crippen LogP contribution in [0.2, 0.25) is 0 Å². The second kappa shape index (κ2) is 3.20. The number of hydrogen-bond acceptors (Lipinski definition) is 3. The van der Waals surface area contributed by atoms with Gasteiger partial charge >= 0.3 is 0 Å². The van der Waals surface area contributed by atoms with E-state index < -0.39 is 0 Å². The van der Waals surface area contributed by atoms with Crippen LogP contribution in [0, 0.1) is 0 Å². The molecule has 0 radical (unpaired) electrons. The maximum atomic E-state index is 5.37. The van der Waals surface area contributed by atoms with Crippen LogP contribution in [0.25, 0.3) is 12.2 Å². The standard InChI is InChI=1S/C12H8N2O/c1-3-13-4-2-10-8-12-11(7-9(1)10)14-5-6-15-12/h1-8H. The lowest BCUT2D eigenvalue weighted by atomic mass is 10.1. The fourth-order valence-corrected chi connectivity index (χ4v) is 1.60. The Morgan fingerprint density at radius 3 is 3.13 bits per heavy atom. The van der Waals surface area contributed by atoms with Gasteiger partial charge < -0.3 is 4.74 Å². The minimum absolute atomic E-state index is 0.788. The molecular formula is C12H8N2O. The maximum absolute atomic E-state index is 5.37. The van der Waals surface area contributed by atoms with E-state index in [9.17, 15) is 0 Å². The van der Waals surface area contributed by atoms with Crippen molar-refractivity contribution in [3.63, 3.8) is 0 Å². The van der Waals surface area contributed by atoms with E-state index >= 15 is 0 Å². The summed E-state index contributed by atoms with van der Waals surface area (Å²) in [4.78, 5) is 8.30. The molecular weight excluding hydrogens is 188 g/mol. The van der Waals surface area contributed by atoms with Crippen molar-refractivity contribution in [2.75, 3.05) is 0 Å². The third-order valence-corrected chi connectivity index (χ3v) is 2.31. The van der Waals surface area contributed by atoms with Gasteiger partial charge in [0.1, 0.15) is 11.6 Å². The van der Waals surface area contributed by atoms with E-state index in [1.165, 1.54) is 0 Å². The van der Waals surface area contributed by atoms with Crippen molar-refractivity contribution in [3.8, 4) is 5.75 Å². The molecule has 15 heavy (non-hydrogen) atoms. The summed E-state index contributed by atoms with van der Waals surface area (Å²) in [5.41, 5.74) is 1.11. The highest BCUT2D eigenvalue weighted by Crippen LogP contribution is 2.07. The molecule has 0 aromatic heterocycles. The predicted octanol–water partition coefficient (Wildman–Crippen LogP) is 1.01. The Hall–Kier alpha value is -2.16. The second-order valence-corrected chi connectivity index (χ2v) is 3.26. The van der Waals surface area contributed by atoms with E-state index in [0.717, 1.165) is 21.9 Å². The lowest BCUT2D eigenvalue weighted by Gasteiger charge is -2.05. The topological polar surface area (TPSA) is 34.0 Å². The average molecular weight is 196 g/mol. The van der Waals surface area contributed by atoms with Crippen molar-refractivity contribution in [3.05, 3.63) is 46.9 Å². The summed E-state index contributed by atoms with van der Waals surface area (Å²) in [7, 11) is 0. The molecule has 0 fully saturated rings. The van der Waals surface area contributed by atoms with Crippen molar-refractivity contribution >= 4 is 18.4 Å². The molecule has 2 aliphatic heterocycles. The van der Waals surface area contributed by atoms with E-state index in [2.05, 4.69) is 9.98 Å². The first kappa shape index (κ1) is 8.17. The number of rotatable bonds is 0. The third-order valence-electron chi connectivity index (χ3n) is 2.31. The van der Waals surface area contributed by atoms with Gasteiger partial charge in [-0.1, -0.05) is 0 Å². The Morgan fingerprint density at radius 2 is 2.13 bits per heavy atom. The average Bonchev–Trinajstić information content (AvgIpc) is 2.50. The molecule has 0 bridgehead atoms. The van der Waals surface area contributed by atoms with Gasteiger partial charge in [0.05, 0.1) is 6.20 Å². The van der Waals surface area contributed by atoms with Crippen molar-refractivity contribution in [1.82, 2.24) is 0 Å². The van der Waals surface area contributed by atoms with Crippen molar-refractivity contribution in [2.24, 2.45) is 9.98 Å². The van der Waals surface area contributed by atoms with E-state index in [1.807, 2.05) is 24.3 Å². The molecule has 0 spiro atoms. The summed E-state index contributed by atoms with van der Waals surface area (Å²) in [6.07, 6.45) is 10.7. The minimum Gasteiger partial charge on any atom is -0.461 e. The number of ether oxygens (including phenoxy) is 1. The zero-order valence-corrected chi connectivity index (χ0v) is 7.92. The lowest BCUT2D eigenvalue weighted by Crippen LogP contribution is -2.16. The smallest absolute Gasteiger partial charge is 0.152 e. The van der Waals surface area contributed by atoms with Crippen molar-refractivity contribution < 1.29 is 4.74 Å². The normalized spacial score (nSPS) is 15.5. The van der Waals surface area contributed by atoms with Crippen molar-refractivity contribution in [1.29, 1.82) is 0 Å². The summed E-state index contributed by atoms with van der Waals surface area (Å²) in [6, 6.07) is 3.97. The molecule has 0 saturated heterocycles. The monoisotopic (exact) mass is 196 g/mol. The van der Waals surface area contributed by atoms with Gasteiger partial charge in [0.2, 0.25) is 0 Å². The summed E-state index contributed by atoms with van der Waals surface area (Å²) >= 11 is 0. The van der Waals surface area contributed by atoms with Crippen LogP contribution >= 0.6 is 0 Å². The van der Waals surface area contributed by atoms with Crippen LogP contribution in [-0.4, -0.2) is 6.21 Å². The molecule has 3 heteroatoms. The molecule has 0 N–H and O–H groups in total. The Morgan fingerprint density at radius 1 is 1.13 bits per heavy atom. The van der Waals surface area contributed by atoms with Crippen LogP contribution in [0.3, 0.4) is 0 Å². The highest BCUT2D eigenvalue weighted by atomic mass is 16.5. The van der Waals surface area contributed by atoms with Crippen LogP contribution in [0.4, 0.5) is 0 Å². The highest BCUT2D eigenvalue weighted by molar-refractivity contribution is 5.93. The number of aliphatic imine (C=N–C) groups is 1. The summed E-state index contributed by atoms with van der Waals surface area (Å²) < 4.78 is 5.37. The molecule has 0 unspecified atom stereocenters. The number of benzene rings is 1. The van der Waals surface area contributed by atoms with Crippen LogP contribution in [-0.2, 0) is 0 Å². The van der Waals surface area contributed by atoms with E-state index in [-0.39, 0.29) is 0 Å². The molecule has 3 rings (SSSR count). The van der Waals surface area contributed by atoms with E-state index in [4.69, 9.17) is 4.74 Å². The largest absolute Gasteiger partial charge is 0.461 e. The van der Waals surface area contributed by atoms with Crippen LogP contribution in [0.1, 0.15) is 5.56 Å². The number of hydrogen-bond donors (Lipinski definition) is 0. The van der Waals surface area contributed by atoms with Crippen LogP contribution < -0.4 is 15.3 Å². The van der Waals surface area contributed by atoms with Gasteiger partial charge in [-0.15, -0.1) is 0 Å². The lowest BCUT2D eigenvalue weighted by molar-refractivity contribution is 0.465. The Kier molecular flexibility index (Phi) is 1.75. The van der Waals surface area contributed by atoms with Gasteiger partial charge in [-0.05, 0) is 35.1 Å². The zero-order valence-electron chi connectivity index (χ0n) is 7.92. The van der Waals surface area contributed by atoms with Crippen LogP contribution in [0.5, 0.6) is 5.75 Å². The number of fused-ring (bicyclic) bond motifs is 2. The quantitative estimate of drug-likeness (QED) is 0.609.